The van der Waals surface area contributed by atoms with Crippen LogP contribution in [0, 0.1) is 17.3 Å². The summed E-state index contributed by atoms with van der Waals surface area (Å²) in [6.07, 6.45) is 4.33. The standard InChI is InChI=1S/C27H25BN3S.C9H16O2.Ir/c1-27(2,3)16-17-9-11-19-18(15-17)10-12-20-21-13-14-29-26(25(21)32-24(19)20)28-30-22-7-5-6-8-23(22)31(28)4;1-6(2)8(10)5-9(11)7(3)4;/h5-15H,16H2,1-4H3;5-7,10H,1-4H3;/q-1;;/b;8-5-;. The van der Waals surface area contributed by atoms with Gasteiger partial charge in [-0.05, 0) is 47.4 Å². The zero-order valence-electron chi connectivity index (χ0n) is 26.8. The largest absolute Gasteiger partial charge is 0.682 e. The van der Waals surface area contributed by atoms with Gasteiger partial charge in [-0.15, -0.1) is 17.0 Å². The second-order valence-electron chi connectivity index (χ2n) is 13.3. The van der Waals surface area contributed by atoms with Gasteiger partial charge in [0.15, 0.2) is 5.78 Å². The number of aliphatic hydroxyl groups excluding tert-OH is 1. The molecule has 6 rings (SSSR count). The SMILES string of the molecule is CC(C)C(=O)/C=C(\O)C(C)C.CN1B(c2nccc3c2sc2c4ccc(CC(C)(C)C)cc4ccc32)[N-]c2ccccc21.[Ir]. The molecular weight excluding hydrogens is 742 g/mol. The van der Waals surface area contributed by atoms with Crippen LogP contribution < -0.4 is 10.4 Å². The second-order valence-corrected chi connectivity index (χ2v) is 14.3. The Morgan fingerprint density at radius 3 is 2.32 bits per heavy atom. The van der Waals surface area contributed by atoms with Gasteiger partial charge in [0.25, 0.3) is 0 Å². The number of anilines is 1. The number of para-hydroxylation sites is 1. The molecule has 1 aliphatic rings. The molecule has 1 N–H and O–H groups in total. The zero-order chi connectivity index (χ0) is 31.1. The molecule has 231 valence electrons. The van der Waals surface area contributed by atoms with Crippen molar-refractivity contribution < 1.29 is 30.0 Å². The van der Waals surface area contributed by atoms with Crippen LogP contribution in [0.5, 0.6) is 0 Å². The third-order valence-corrected chi connectivity index (χ3v) is 9.06. The molecule has 0 saturated carbocycles. The summed E-state index contributed by atoms with van der Waals surface area (Å²) in [6, 6.07) is 22.0. The van der Waals surface area contributed by atoms with Gasteiger partial charge in [0.05, 0.1) is 5.76 Å². The van der Waals surface area contributed by atoms with Gasteiger partial charge in [-0.25, -0.2) is 0 Å². The Morgan fingerprint density at radius 1 is 0.977 bits per heavy atom. The van der Waals surface area contributed by atoms with Crippen LogP contribution in [0.4, 0.5) is 11.4 Å². The third kappa shape index (κ3) is 7.04. The van der Waals surface area contributed by atoms with Crippen LogP contribution in [0.2, 0.25) is 0 Å². The molecule has 5 aromatic rings. The van der Waals surface area contributed by atoms with Crippen molar-refractivity contribution in [3.05, 3.63) is 89.5 Å². The fourth-order valence-corrected chi connectivity index (χ4v) is 6.75. The summed E-state index contributed by atoms with van der Waals surface area (Å²) in [5, 5.41) is 19.4. The molecule has 0 unspecified atom stereocenters. The maximum Gasteiger partial charge on any atom is 0.208 e. The number of carbonyl (C=O) groups excluding carboxylic acids is 1. The summed E-state index contributed by atoms with van der Waals surface area (Å²) < 4.78 is 2.58. The molecule has 8 heteroatoms. The van der Waals surface area contributed by atoms with Crippen molar-refractivity contribution >= 4 is 72.0 Å². The summed E-state index contributed by atoms with van der Waals surface area (Å²) in [7, 11) is 2.11. The number of thiophene rings is 1. The summed E-state index contributed by atoms with van der Waals surface area (Å²) >= 11 is 1.86. The Bertz CT molecular complexity index is 1840. The number of aromatic nitrogens is 1. The summed E-state index contributed by atoms with van der Waals surface area (Å²) in [6.45, 7) is 14.1. The van der Waals surface area contributed by atoms with E-state index in [0.29, 0.717) is 0 Å². The molecule has 1 radical (unpaired) electrons. The minimum atomic E-state index is -0.0891. The number of carbonyl (C=O) groups is 1. The van der Waals surface area contributed by atoms with Crippen molar-refractivity contribution in [3.63, 3.8) is 0 Å². The molecule has 0 bridgehead atoms. The van der Waals surface area contributed by atoms with E-state index in [2.05, 4.69) is 87.2 Å². The molecule has 0 spiro atoms. The van der Waals surface area contributed by atoms with Crippen LogP contribution in [0.25, 0.3) is 36.2 Å². The van der Waals surface area contributed by atoms with Crippen LogP contribution in [-0.4, -0.2) is 29.9 Å². The van der Waals surface area contributed by atoms with Crippen molar-refractivity contribution in [1.82, 2.24) is 4.98 Å². The Morgan fingerprint density at radius 2 is 1.66 bits per heavy atom. The number of benzene rings is 3. The van der Waals surface area contributed by atoms with Gasteiger partial charge in [-0.1, -0.05) is 97.0 Å². The Balaban J connectivity index is 0.000000318. The number of hydrogen-bond acceptors (Lipinski definition) is 5. The maximum absolute atomic E-state index is 11.0. The Hall–Kier alpha value is -3.19. The second kappa shape index (κ2) is 13.4. The van der Waals surface area contributed by atoms with Gasteiger partial charge in [0.2, 0.25) is 6.98 Å². The van der Waals surface area contributed by atoms with E-state index < -0.39 is 0 Å². The van der Waals surface area contributed by atoms with E-state index in [4.69, 9.17) is 10.2 Å². The fourth-order valence-electron chi connectivity index (χ4n) is 5.41. The minimum Gasteiger partial charge on any atom is -0.682 e. The van der Waals surface area contributed by atoms with Crippen LogP contribution in [0.3, 0.4) is 0 Å². The van der Waals surface area contributed by atoms with Crippen LogP contribution in [0.1, 0.15) is 54.0 Å². The fraction of sp³-hybridized carbons (Fsp3) is 0.333. The summed E-state index contributed by atoms with van der Waals surface area (Å²) in [5.41, 5.74) is 4.92. The van der Waals surface area contributed by atoms with Crippen molar-refractivity contribution in [3.8, 4) is 0 Å². The van der Waals surface area contributed by atoms with E-state index in [1.165, 1.54) is 42.6 Å². The first kappa shape index (κ1) is 33.7. The predicted molar refractivity (Wildman–Crippen MR) is 186 cm³/mol. The molecule has 5 nitrogen and oxygen atoms in total. The quantitative estimate of drug-likeness (QED) is 0.110. The van der Waals surface area contributed by atoms with Gasteiger partial charge in [-0.3, -0.25) is 9.78 Å². The zero-order valence-corrected chi connectivity index (χ0v) is 30.0. The number of pyridine rings is 1. The average Bonchev–Trinajstić information content (AvgIpc) is 3.50. The van der Waals surface area contributed by atoms with E-state index >= 15 is 0 Å². The summed E-state index contributed by atoms with van der Waals surface area (Å²) in [5.74, 6) is 0.161. The van der Waals surface area contributed by atoms with E-state index in [-0.39, 0.29) is 55.9 Å². The first-order valence-corrected chi connectivity index (χ1v) is 15.9. The number of hydrogen-bond donors (Lipinski definition) is 1. The maximum atomic E-state index is 11.0. The number of nitrogens with zero attached hydrogens (tertiary/aromatic N) is 3. The van der Waals surface area contributed by atoms with E-state index in [1.807, 2.05) is 51.3 Å². The Labute approximate surface area is 279 Å². The molecular formula is C36H41BIrN3O2S-. The van der Waals surface area contributed by atoms with Crippen molar-refractivity contribution in [1.29, 1.82) is 0 Å². The Kier molecular flexibility index (Phi) is 10.3. The first-order valence-electron chi connectivity index (χ1n) is 15.0. The van der Waals surface area contributed by atoms with E-state index in [9.17, 15) is 9.90 Å². The van der Waals surface area contributed by atoms with Crippen LogP contribution in [0.15, 0.2) is 78.7 Å². The third-order valence-electron chi connectivity index (χ3n) is 7.78. The molecule has 0 fully saturated rings. The van der Waals surface area contributed by atoms with E-state index in [1.54, 1.807) is 0 Å². The normalized spacial score (nSPS) is 13.3. The van der Waals surface area contributed by atoms with Crippen molar-refractivity contribution in [2.45, 2.75) is 54.9 Å². The van der Waals surface area contributed by atoms with Gasteiger partial charge in [0.1, 0.15) is 0 Å². The van der Waals surface area contributed by atoms with Gasteiger partial charge < -0.3 is 15.1 Å². The minimum absolute atomic E-state index is 0. The van der Waals surface area contributed by atoms with Crippen molar-refractivity contribution in [2.75, 3.05) is 11.9 Å². The predicted octanol–water partition coefficient (Wildman–Crippen LogP) is 9.35. The number of fused-ring (bicyclic) bond motifs is 6. The molecule has 0 aliphatic carbocycles. The molecule has 1 aliphatic heterocycles. The average molecular weight is 783 g/mol. The van der Waals surface area contributed by atoms with Gasteiger partial charge in [0, 0.05) is 75.7 Å². The number of rotatable bonds is 5. The number of ketones is 1. The smallest absolute Gasteiger partial charge is 0.208 e. The van der Waals surface area contributed by atoms with Crippen molar-refractivity contribution in [2.24, 2.45) is 17.3 Å². The van der Waals surface area contributed by atoms with Gasteiger partial charge in [-0.2, -0.15) is 0 Å². The molecule has 0 amide bonds. The van der Waals surface area contributed by atoms with E-state index in [0.717, 1.165) is 23.4 Å². The van der Waals surface area contributed by atoms with Crippen LogP contribution >= 0.6 is 11.3 Å². The molecule has 44 heavy (non-hydrogen) atoms. The summed E-state index contributed by atoms with van der Waals surface area (Å²) in [4.78, 5) is 18.1. The van der Waals surface area contributed by atoms with Gasteiger partial charge >= 0.3 is 0 Å². The molecule has 3 aromatic carbocycles. The topological polar surface area (TPSA) is 67.5 Å². The number of allylic oxidation sites excluding steroid dienone is 2. The van der Waals surface area contributed by atoms with Crippen LogP contribution in [-0.2, 0) is 31.3 Å². The first-order chi connectivity index (χ1) is 20.3. The number of aliphatic hydroxyl groups is 1. The monoisotopic (exact) mass is 783 g/mol. The molecule has 3 heterocycles. The molecule has 2 aromatic heterocycles. The molecule has 0 atom stereocenters. The molecule has 0 saturated heterocycles.